The van der Waals surface area contributed by atoms with Crippen molar-refractivity contribution in [2.45, 2.75) is 32.6 Å². The van der Waals surface area contributed by atoms with E-state index in [-0.39, 0.29) is 5.91 Å². The Kier molecular flexibility index (Phi) is 4.43. The summed E-state index contributed by atoms with van der Waals surface area (Å²) in [4.78, 5) is 14.3. The molecule has 4 nitrogen and oxygen atoms in total. The van der Waals surface area contributed by atoms with Crippen molar-refractivity contribution in [3.63, 3.8) is 0 Å². The normalized spacial score (nSPS) is 15.5. The third-order valence-electron chi connectivity index (χ3n) is 3.91. The standard InChI is InChI=1S/C15H23N3O/c1-11-7-8-13(14(9-11)17-16)15(19)18(2)10-12-5-3-4-6-12/h7-9,12,17H,3-6,10,16H2,1-2H3. The highest BCUT2D eigenvalue weighted by Gasteiger charge is 2.21. The zero-order valence-electron chi connectivity index (χ0n) is 11.8. The Balaban J connectivity index is 2.09. The third-order valence-corrected chi connectivity index (χ3v) is 3.91. The molecule has 104 valence electrons. The van der Waals surface area contributed by atoms with E-state index in [2.05, 4.69) is 5.43 Å². The molecule has 1 fully saturated rings. The summed E-state index contributed by atoms with van der Waals surface area (Å²) in [5.74, 6) is 6.20. The SMILES string of the molecule is Cc1ccc(C(=O)N(C)CC2CCCC2)c(NN)c1. The Morgan fingerprint density at radius 3 is 2.74 bits per heavy atom. The van der Waals surface area contributed by atoms with E-state index in [1.807, 2.05) is 37.1 Å². The molecule has 0 bridgehead atoms. The molecule has 1 aromatic carbocycles. The van der Waals surface area contributed by atoms with Gasteiger partial charge in [0, 0.05) is 13.6 Å². The summed E-state index contributed by atoms with van der Waals surface area (Å²) in [6.07, 6.45) is 5.08. The van der Waals surface area contributed by atoms with Gasteiger partial charge in [-0.3, -0.25) is 10.6 Å². The first kappa shape index (κ1) is 13.9. The van der Waals surface area contributed by atoms with Gasteiger partial charge in [0.15, 0.2) is 0 Å². The van der Waals surface area contributed by atoms with Crippen LogP contribution in [0.1, 0.15) is 41.6 Å². The van der Waals surface area contributed by atoms with Crippen molar-refractivity contribution >= 4 is 11.6 Å². The third kappa shape index (κ3) is 3.26. The molecule has 2 rings (SSSR count). The molecular formula is C15H23N3O. The lowest BCUT2D eigenvalue weighted by Crippen LogP contribution is -2.32. The second-order valence-electron chi connectivity index (χ2n) is 5.53. The molecule has 0 spiro atoms. The van der Waals surface area contributed by atoms with Crippen LogP contribution in [0.25, 0.3) is 0 Å². The maximum absolute atomic E-state index is 12.5. The van der Waals surface area contributed by atoms with Crippen LogP contribution in [0.15, 0.2) is 18.2 Å². The van der Waals surface area contributed by atoms with Crippen molar-refractivity contribution in [1.29, 1.82) is 0 Å². The fourth-order valence-electron chi connectivity index (χ4n) is 2.83. The molecule has 0 unspecified atom stereocenters. The van der Waals surface area contributed by atoms with Gasteiger partial charge in [0.05, 0.1) is 11.3 Å². The summed E-state index contributed by atoms with van der Waals surface area (Å²) >= 11 is 0. The van der Waals surface area contributed by atoms with Gasteiger partial charge in [-0.1, -0.05) is 18.9 Å². The van der Waals surface area contributed by atoms with Crippen LogP contribution in [0, 0.1) is 12.8 Å². The van der Waals surface area contributed by atoms with Gasteiger partial charge in [-0.15, -0.1) is 0 Å². The minimum atomic E-state index is 0.0415. The highest BCUT2D eigenvalue weighted by atomic mass is 16.2. The van der Waals surface area contributed by atoms with Crippen LogP contribution >= 0.6 is 0 Å². The van der Waals surface area contributed by atoms with Crippen molar-refractivity contribution in [1.82, 2.24) is 4.90 Å². The van der Waals surface area contributed by atoms with Gasteiger partial charge in [0.2, 0.25) is 0 Å². The van der Waals surface area contributed by atoms with E-state index in [1.54, 1.807) is 0 Å². The highest BCUT2D eigenvalue weighted by molar-refractivity contribution is 5.99. The number of carbonyl (C=O) groups excluding carboxylic acids is 1. The molecule has 1 aliphatic rings. The number of hydrogen-bond donors (Lipinski definition) is 2. The van der Waals surface area contributed by atoms with Crippen LogP contribution in [0.4, 0.5) is 5.69 Å². The minimum Gasteiger partial charge on any atom is -0.341 e. The van der Waals surface area contributed by atoms with E-state index >= 15 is 0 Å². The van der Waals surface area contributed by atoms with Gasteiger partial charge in [-0.25, -0.2) is 0 Å². The number of hydrazine groups is 1. The van der Waals surface area contributed by atoms with Crippen LogP contribution in [-0.4, -0.2) is 24.4 Å². The Labute approximate surface area is 114 Å². The Bertz CT molecular complexity index is 453. The fraction of sp³-hybridized carbons (Fsp3) is 0.533. The summed E-state index contributed by atoms with van der Waals surface area (Å²) in [6.45, 7) is 2.83. The molecule has 19 heavy (non-hydrogen) atoms. The zero-order valence-corrected chi connectivity index (χ0v) is 11.8. The monoisotopic (exact) mass is 261 g/mol. The first-order valence-corrected chi connectivity index (χ1v) is 6.94. The van der Waals surface area contributed by atoms with Gasteiger partial charge in [0.1, 0.15) is 0 Å². The number of carbonyl (C=O) groups is 1. The van der Waals surface area contributed by atoms with E-state index in [0.29, 0.717) is 17.2 Å². The number of aryl methyl sites for hydroxylation is 1. The number of nitrogen functional groups attached to an aromatic ring is 1. The topological polar surface area (TPSA) is 58.4 Å². The molecule has 0 atom stereocenters. The molecule has 0 aromatic heterocycles. The van der Waals surface area contributed by atoms with E-state index in [0.717, 1.165) is 12.1 Å². The number of amides is 1. The average molecular weight is 261 g/mol. The lowest BCUT2D eigenvalue weighted by Gasteiger charge is -2.22. The van der Waals surface area contributed by atoms with Crippen molar-refractivity contribution in [3.8, 4) is 0 Å². The first-order valence-electron chi connectivity index (χ1n) is 6.94. The molecule has 0 saturated heterocycles. The van der Waals surface area contributed by atoms with E-state index in [1.165, 1.54) is 25.7 Å². The Morgan fingerprint density at radius 1 is 1.42 bits per heavy atom. The molecule has 0 heterocycles. The van der Waals surface area contributed by atoms with Gasteiger partial charge < -0.3 is 10.3 Å². The number of nitrogens with zero attached hydrogens (tertiary/aromatic N) is 1. The predicted molar refractivity (Wildman–Crippen MR) is 77.9 cm³/mol. The second kappa shape index (κ2) is 6.06. The predicted octanol–water partition coefficient (Wildman–Crippen LogP) is 2.54. The molecule has 0 aliphatic heterocycles. The van der Waals surface area contributed by atoms with Gasteiger partial charge in [0.25, 0.3) is 5.91 Å². The molecular weight excluding hydrogens is 238 g/mol. The number of nitrogens with two attached hydrogens (primary N) is 1. The summed E-state index contributed by atoms with van der Waals surface area (Å²) in [6, 6.07) is 5.69. The number of nitrogens with one attached hydrogen (secondary N) is 1. The summed E-state index contributed by atoms with van der Waals surface area (Å²) < 4.78 is 0. The van der Waals surface area contributed by atoms with Crippen LogP contribution in [-0.2, 0) is 0 Å². The van der Waals surface area contributed by atoms with E-state index in [4.69, 9.17) is 5.84 Å². The zero-order chi connectivity index (χ0) is 13.8. The Hall–Kier alpha value is -1.55. The van der Waals surface area contributed by atoms with Crippen LogP contribution < -0.4 is 11.3 Å². The molecule has 1 amide bonds. The van der Waals surface area contributed by atoms with Crippen LogP contribution in [0.5, 0.6) is 0 Å². The van der Waals surface area contributed by atoms with Crippen molar-refractivity contribution in [2.24, 2.45) is 11.8 Å². The van der Waals surface area contributed by atoms with Crippen LogP contribution in [0.2, 0.25) is 0 Å². The minimum absolute atomic E-state index is 0.0415. The molecule has 1 aliphatic carbocycles. The largest absolute Gasteiger partial charge is 0.341 e. The quantitative estimate of drug-likeness (QED) is 0.647. The number of benzene rings is 1. The molecule has 1 aromatic rings. The van der Waals surface area contributed by atoms with E-state index in [9.17, 15) is 4.79 Å². The van der Waals surface area contributed by atoms with Gasteiger partial charge in [-0.2, -0.15) is 0 Å². The van der Waals surface area contributed by atoms with E-state index < -0.39 is 0 Å². The molecule has 0 radical (unpaired) electrons. The molecule has 3 N–H and O–H groups in total. The van der Waals surface area contributed by atoms with Crippen molar-refractivity contribution in [2.75, 3.05) is 19.0 Å². The Morgan fingerprint density at radius 2 is 2.11 bits per heavy atom. The summed E-state index contributed by atoms with van der Waals surface area (Å²) in [5.41, 5.74) is 5.05. The fourth-order valence-corrected chi connectivity index (χ4v) is 2.83. The summed E-state index contributed by atoms with van der Waals surface area (Å²) in [7, 11) is 1.88. The van der Waals surface area contributed by atoms with Crippen molar-refractivity contribution < 1.29 is 4.79 Å². The lowest BCUT2D eigenvalue weighted by molar-refractivity contribution is 0.0774. The van der Waals surface area contributed by atoms with Gasteiger partial charge >= 0.3 is 0 Å². The molecule has 1 saturated carbocycles. The number of rotatable bonds is 4. The first-order chi connectivity index (χ1) is 9.11. The maximum Gasteiger partial charge on any atom is 0.255 e. The lowest BCUT2D eigenvalue weighted by atomic mass is 10.1. The van der Waals surface area contributed by atoms with Crippen LogP contribution in [0.3, 0.4) is 0 Å². The average Bonchev–Trinajstić information content (AvgIpc) is 2.90. The second-order valence-corrected chi connectivity index (χ2v) is 5.53. The van der Waals surface area contributed by atoms with Gasteiger partial charge in [-0.05, 0) is 43.4 Å². The molecule has 4 heteroatoms. The number of anilines is 1. The number of hydrogen-bond acceptors (Lipinski definition) is 3. The highest BCUT2D eigenvalue weighted by Crippen LogP contribution is 2.26. The summed E-state index contributed by atoms with van der Waals surface area (Å²) in [5, 5.41) is 0. The maximum atomic E-state index is 12.5. The smallest absolute Gasteiger partial charge is 0.255 e. The van der Waals surface area contributed by atoms with Crippen molar-refractivity contribution in [3.05, 3.63) is 29.3 Å².